The molecule has 0 aromatic carbocycles. The first-order valence-electron chi connectivity index (χ1n) is 7.29. The SMILES string of the molecule is Nc1cc([C@@H](COC2CC2)N2CC(C(F)(F)F)NC2=O)c(Cl)nn1. The molecular formula is C13H15ClF3N5O2. The fourth-order valence-electron chi connectivity index (χ4n) is 2.46. The highest BCUT2D eigenvalue weighted by atomic mass is 35.5. The summed E-state index contributed by atoms with van der Waals surface area (Å²) in [6, 6.07) is -2.22. The molecule has 3 rings (SSSR count). The van der Waals surface area contributed by atoms with Crippen LogP contribution in [0.3, 0.4) is 0 Å². The van der Waals surface area contributed by atoms with Gasteiger partial charge in [-0.2, -0.15) is 13.2 Å². The minimum absolute atomic E-state index is 0.00746. The van der Waals surface area contributed by atoms with Crippen molar-refractivity contribution in [3.8, 4) is 0 Å². The number of carbonyl (C=O) groups excluding carboxylic acids is 1. The Morgan fingerprint density at radius 3 is 2.75 bits per heavy atom. The van der Waals surface area contributed by atoms with Gasteiger partial charge in [0.2, 0.25) is 0 Å². The summed E-state index contributed by atoms with van der Waals surface area (Å²) in [5.41, 5.74) is 5.90. The second kappa shape index (κ2) is 6.25. The number of nitrogens with zero attached hydrogens (tertiary/aromatic N) is 3. The van der Waals surface area contributed by atoms with E-state index >= 15 is 0 Å². The number of alkyl halides is 3. The van der Waals surface area contributed by atoms with Crippen LogP contribution in [0, 0.1) is 0 Å². The van der Waals surface area contributed by atoms with Gasteiger partial charge in [-0.15, -0.1) is 10.2 Å². The van der Waals surface area contributed by atoms with Crippen molar-refractivity contribution in [1.82, 2.24) is 20.4 Å². The van der Waals surface area contributed by atoms with Crippen molar-refractivity contribution in [3.63, 3.8) is 0 Å². The number of aromatic nitrogens is 2. The molecule has 7 nitrogen and oxygen atoms in total. The van der Waals surface area contributed by atoms with Crippen molar-refractivity contribution < 1.29 is 22.7 Å². The van der Waals surface area contributed by atoms with E-state index in [4.69, 9.17) is 22.1 Å². The lowest BCUT2D eigenvalue weighted by atomic mass is 10.1. The molecule has 2 heterocycles. The number of hydrogen-bond acceptors (Lipinski definition) is 5. The molecular weight excluding hydrogens is 351 g/mol. The molecule has 0 radical (unpaired) electrons. The topological polar surface area (TPSA) is 93.4 Å². The van der Waals surface area contributed by atoms with Crippen LogP contribution in [0.4, 0.5) is 23.8 Å². The van der Waals surface area contributed by atoms with E-state index in [0.717, 1.165) is 17.7 Å². The normalized spacial score (nSPS) is 22.6. The quantitative estimate of drug-likeness (QED) is 0.831. The molecule has 1 aliphatic heterocycles. The van der Waals surface area contributed by atoms with Crippen LogP contribution >= 0.6 is 11.6 Å². The number of nitrogens with one attached hydrogen (secondary N) is 1. The molecule has 1 saturated heterocycles. The van der Waals surface area contributed by atoms with Crippen molar-refractivity contribution >= 4 is 23.4 Å². The summed E-state index contributed by atoms with van der Waals surface area (Å²) in [5, 5.41) is 9.14. The molecule has 2 fully saturated rings. The summed E-state index contributed by atoms with van der Waals surface area (Å²) in [6.45, 7) is -0.535. The molecule has 2 aliphatic rings. The lowest BCUT2D eigenvalue weighted by Gasteiger charge is -2.27. The summed E-state index contributed by atoms with van der Waals surface area (Å²) in [7, 11) is 0. The zero-order chi connectivity index (χ0) is 17.5. The van der Waals surface area contributed by atoms with Crippen LogP contribution in [0.1, 0.15) is 24.4 Å². The van der Waals surface area contributed by atoms with E-state index in [1.165, 1.54) is 6.07 Å². The van der Waals surface area contributed by atoms with Gasteiger partial charge < -0.3 is 20.7 Å². The van der Waals surface area contributed by atoms with Crippen molar-refractivity contribution in [2.24, 2.45) is 0 Å². The fourth-order valence-corrected chi connectivity index (χ4v) is 2.68. The van der Waals surface area contributed by atoms with Gasteiger partial charge in [0.25, 0.3) is 0 Å². The molecule has 1 saturated carbocycles. The molecule has 2 atom stereocenters. The minimum atomic E-state index is -4.54. The van der Waals surface area contributed by atoms with Gasteiger partial charge in [0.1, 0.15) is 11.9 Å². The van der Waals surface area contributed by atoms with Crippen molar-refractivity contribution in [2.45, 2.75) is 37.2 Å². The van der Waals surface area contributed by atoms with Crippen LogP contribution in [0.2, 0.25) is 5.15 Å². The first-order chi connectivity index (χ1) is 11.3. The molecule has 3 N–H and O–H groups in total. The van der Waals surface area contributed by atoms with Gasteiger partial charge in [-0.05, 0) is 18.9 Å². The first-order valence-corrected chi connectivity index (χ1v) is 7.67. The molecule has 11 heteroatoms. The Morgan fingerprint density at radius 2 is 2.17 bits per heavy atom. The molecule has 0 spiro atoms. The number of urea groups is 1. The van der Waals surface area contributed by atoms with E-state index in [0.29, 0.717) is 5.56 Å². The lowest BCUT2D eigenvalue weighted by Crippen LogP contribution is -2.40. The van der Waals surface area contributed by atoms with Crippen LogP contribution in [0.15, 0.2) is 6.07 Å². The number of nitrogen functional groups attached to an aromatic ring is 1. The number of amides is 2. The largest absolute Gasteiger partial charge is 0.410 e. The predicted molar refractivity (Wildman–Crippen MR) is 78.3 cm³/mol. The summed E-state index contributed by atoms with van der Waals surface area (Å²) >= 11 is 6.01. The molecule has 0 bridgehead atoms. The van der Waals surface area contributed by atoms with Gasteiger partial charge in [0, 0.05) is 5.56 Å². The molecule has 2 amide bonds. The van der Waals surface area contributed by atoms with Gasteiger partial charge in [0.05, 0.1) is 25.3 Å². The first kappa shape index (κ1) is 17.0. The Hall–Kier alpha value is -1.81. The highest BCUT2D eigenvalue weighted by Crippen LogP contribution is 2.34. The van der Waals surface area contributed by atoms with E-state index in [9.17, 15) is 18.0 Å². The third-order valence-corrected chi connectivity index (χ3v) is 4.17. The number of ether oxygens (including phenoxy) is 1. The summed E-state index contributed by atoms with van der Waals surface area (Å²) in [5.74, 6) is 0.0535. The summed E-state index contributed by atoms with van der Waals surface area (Å²) in [6.07, 6.45) is -2.71. The average Bonchev–Trinajstić information content (AvgIpc) is 3.23. The Kier molecular flexibility index (Phi) is 4.43. The van der Waals surface area contributed by atoms with Crippen LogP contribution < -0.4 is 11.1 Å². The Labute approximate surface area is 140 Å². The number of nitrogens with two attached hydrogens (primary N) is 1. The van der Waals surface area contributed by atoms with Crippen LogP contribution in [0.5, 0.6) is 0 Å². The Bertz CT molecular complexity index is 641. The fraction of sp³-hybridized carbons (Fsp3) is 0.615. The molecule has 132 valence electrons. The van der Waals surface area contributed by atoms with Crippen LogP contribution in [-0.4, -0.2) is 52.6 Å². The van der Waals surface area contributed by atoms with E-state index in [2.05, 4.69) is 10.2 Å². The van der Waals surface area contributed by atoms with Crippen molar-refractivity contribution in [3.05, 3.63) is 16.8 Å². The maximum Gasteiger partial charge on any atom is 0.410 e. The predicted octanol–water partition coefficient (Wildman–Crippen LogP) is 1.89. The van der Waals surface area contributed by atoms with E-state index < -0.39 is 30.8 Å². The lowest BCUT2D eigenvalue weighted by molar-refractivity contribution is -0.150. The average molecular weight is 366 g/mol. The molecule has 24 heavy (non-hydrogen) atoms. The van der Waals surface area contributed by atoms with E-state index in [1.807, 2.05) is 5.32 Å². The van der Waals surface area contributed by atoms with Gasteiger partial charge in [0.15, 0.2) is 5.15 Å². The van der Waals surface area contributed by atoms with Gasteiger partial charge in [-0.1, -0.05) is 11.6 Å². The third kappa shape index (κ3) is 3.64. The third-order valence-electron chi connectivity index (χ3n) is 3.88. The highest BCUT2D eigenvalue weighted by Gasteiger charge is 2.49. The van der Waals surface area contributed by atoms with Crippen molar-refractivity contribution in [1.29, 1.82) is 0 Å². The number of anilines is 1. The smallest absolute Gasteiger partial charge is 0.382 e. The number of carbonyl (C=O) groups is 1. The standard InChI is InChI=1S/C13H15ClF3N5O2/c14-11-7(3-10(18)20-21-11)8(5-24-6-1-2-6)22-4-9(13(15,16)17)19-12(22)23/h3,6,8-9H,1-2,4-5H2,(H2,18,20)(H,19,23)/t8-,9?/m1/s1. The zero-order valence-corrected chi connectivity index (χ0v) is 13.1. The molecule has 1 unspecified atom stereocenters. The highest BCUT2D eigenvalue weighted by molar-refractivity contribution is 6.30. The monoisotopic (exact) mass is 365 g/mol. The number of hydrogen-bond donors (Lipinski definition) is 2. The maximum absolute atomic E-state index is 12.9. The Morgan fingerprint density at radius 1 is 1.46 bits per heavy atom. The number of halogens is 4. The molecule has 1 aromatic heterocycles. The van der Waals surface area contributed by atoms with E-state index in [1.54, 1.807) is 0 Å². The second-order valence-electron chi connectivity index (χ2n) is 5.76. The van der Waals surface area contributed by atoms with Crippen LogP contribution in [0.25, 0.3) is 0 Å². The van der Waals surface area contributed by atoms with Gasteiger partial charge >= 0.3 is 12.2 Å². The maximum atomic E-state index is 12.9. The van der Waals surface area contributed by atoms with Gasteiger partial charge in [-0.3, -0.25) is 0 Å². The van der Waals surface area contributed by atoms with Crippen LogP contribution in [-0.2, 0) is 4.74 Å². The Balaban J connectivity index is 1.86. The molecule has 1 aliphatic carbocycles. The van der Waals surface area contributed by atoms with Crippen molar-refractivity contribution in [2.75, 3.05) is 18.9 Å². The molecule has 1 aromatic rings. The van der Waals surface area contributed by atoms with E-state index in [-0.39, 0.29) is 23.7 Å². The zero-order valence-electron chi connectivity index (χ0n) is 12.4. The number of rotatable bonds is 5. The summed E-state index contributed by atoms with van der Waals surface area (Å²) < 4.78 is 44.3. The minimum Gasteiger partial charge on any atom is -0.382 e. The second-order valence-corrected chi connectivity index (χ2v) is 6.12. The summed E-state index contributed by atoms with van der Waals surface area (Å²) in [4.78, 5) is 13.1. The van der Waals surface area contributed by atoms with Gasteiger partial charge in [-0.25, -0.2) is 4.79 Å².